The predicted octanol–water partition coefficient (Wildman–Crippen LogP) is 2.53. The normalized spacial score (nSPS) is 19.7. The van der Waals surface area contributed by atoms with E-state index in [1.807, 2.05) is 0 Å². The maximum absolute atomic E-state index is 12.8. The third-order valence-electron chi connectivity index (χ3n) is 4.30. The van der Waals surface area contributed by atoms with Crippen LogP contribution in [0.4, 0.5) is 0 Å². The van der Waals surface area contributed by atoms with Crippen molar-refractivity contribution in [3.63, 3.8) is 0 Å². The average Bonchev–Trinajstić information content (AvgIpc) is 2.48. The number of benzene rings is 1. The molecule has 1 N–H and O–H groups in total. The second kappa shape index (κ2) is 8.03. The Labute approximate surface area is 148 Å². The SMILES string of the molecule is Cl.O=S(=O)(c1cc(Cl)ccc1OCC1CCC1)N1CCNCC1. The minimum absolute atomic E-state index is 0. The standard InChI is InChI=1S/C15H21ClN2O3S.ClH/c16-13-4-5-14(21-11-12-2-1-3-12)15(10-13)22(19,20)18-8-6-17-7-9-18;/h4-5,10,12,17H,1-3,6-9,11H2;1H. The summed E-state index contributed by atoms with van der Waals surface area (Å²) in [4.78, 5) is 0.182. The fourth-order valence-electron chi connectivity index (χ4n) is 2.69. The van der Waals surface area contributed by atoms with Gasteiger partial charge in [0, 0.05) is 31.2 Å². The maximum Gasteiger partial charge on any atom is 0.246 e. The zero-order chi connectivity index (χ0) is 15.6. The van der Waals surface area contributed by atoms with Gasteiger partial charge >= 0.3 is 0 Å². The monoisotopic (exact) mass is 380 g/mol. The Morgan fingerprint density at radius 2 is 1.96 bits per heavy atom. The van der Waals surface area contributed by atoms with Crippen molar-refractivity contribution in [2.24, 2.45) is 5.92 Å². The Bertz CT molecular complexity index is 630. The van der Waals surface area contributed by atoms with Crippen LogP contribution < -0.4 is 10.1 Å². The summed E-state index contributed by atoms with van der Waals surface area (Å²) in [5.41, 5.74) is 0. The number of nitrogens with zero attached hydrogens (tertiary/aromatic N) is 1. The van der Waals surface area contributed by atoms with Gasteiger partial charge in [0.25, 0.3) is 0 Å². The lowest BCUT2D eigenvalue weighted by molar-refractivity contribution is 0.177. The minimum Gasteiger partial charge on any atom is -0.492 e. The molecule has 3 rings (SSSR count). The third kappa shape index (κ3) is 4.31. The number of sulfonamides is 1. The van der Waals surface area contributed by atoms with Crippen molar-refractivity contribution in [2.75, 3.05) is 32.8 Å². The summed E-state index contributed by atoms with van der Waals surface area (Å²) in [5.74, 6) is 0.959. The molecule has 0 bridgehead atoms. The van der Waals surface area contributed by atoms with Crippen LogP contribution >= 0.6 is 24.0 Å². The summed E-state index contributed by atoms with van der Waals surface area (Å²) < 4.78 is 33.0. The largest absolute Gasteiger partial charge is 0.492 e. The van der Waals surface area contributed by atoms with Crippen molar-refractivity contribution in [1.29, 1.82) is 0 Å². The van der Waals surface area contributed by atoms with Crippen molar-refractivity contribution in [3.8, 4) is 5.75 Å². The Kier molecular flexibility index (Phi) is 6.57. The molecule has 0 amide bonds. The van der Waals surface area contributed by atoms with Crippen LogP contribution in [0.15, 0.2) is 23.1 Å². The fourth-order valence-corrected chi connectivity index (χ4v) is 4.53. The lowest BCUT2D eigenvalue weighted by atomic mass is 9.86. The van der Waals surface area contributed by atoms with E-state index in [0.29, 0.717) is 49.5 Å². The van der Waals surface area contributed by atoms with Crippen molar-refractivity contribution in [1.82, 2.24) is 9.62 Å². The lowest BCUT2D eigenvalue weighted by Gasteiger charge is -2.28. The minimum atomic E-state index is -3.57. The van der Waals surface area contributed by atoms with E-state index in [1.165, 1.54) is 16.8 Å². The summed E-state index contributed by atoms with van der Waals surface area (Å²) in [6.45, 7) is 2.84. The number of ether oxygens (including phenoxy) is 1. The summed E-state index contributed by atoms with van der Waals surface area (Å²) >= 11 is 6.01. The highest BCUT2D eigenvalue weighted by Crippen LogP contribution is 2.32. The molecule has 0 aromatic heterocycles. The molecule has 8 heteroatoms. The van der Waals surface area contributed by atoms with Crippen LogP contribution in [0.2, 0.25) is 5.02 Å². The first kappa shape index (κ1) is 18.8. The quantitative estimate of drug-likeness (QED) is 0.852. The van der Waals surface area contributed by atoms with Crippen LogP contribution in [0.5, 0.6) is 5.75 Å². The van der Waals surface area contributed by atoms with Gasteiger partial charge in [-0.05, 0) is 37.0 Å². The molecule has 1 saturated heterocycles. The van der Waals surface area contributed by atoms with Crippen molar-refractivity contribution >= 4 is 34.0 Å². The van der Waals surface area contributed by atoms with Crippen LogP contribution in [-0.2, 0) is 10.0 Å². The second-order valence-electron chi connectivity index (χ2n) is 5.85. The summed E-state index contributed by atoms with van der Waals surface area (Å²) in [7, 11) is -3.57. The molecule has 0 atom stereocenters. The number of rotatable bonds is 5. The van der Waals surface area contributed by atoms with Gasteiger partial charge in [-0.25, -0.2) is 8.42 Å². The van der Waals surface area contributed by atoms with Crippen LogP contribution in [0.25, 0.3) is 0 Å². The highest BCUT2D eigenvalue weighted by Gasteiger charge is 2.29. The van der Waals surface area contributed by atoms with Gasteiger partial charge in [-0.3, -0.25) is 0 Å². The predicted molar refractivity (Wildman–Crippen MR) is 93.2 cm³/mol. The van der Waals surface area contributed by atoms with Crippen LogP contribution in [0.3, 0.4) is 0 Å². The number of hydrogen-bond donors (Lipinski definition) is 1. The van der Waals surface area contributed by atoms with Crippen molar-refractivity contribution in [2.45, 2.75) is 24.2 Å². The Balaban J connectivity index is 0.00000192. The number of hydrogen-bond acceptors (Lipinski definition) is 4. The lowest BCUT2D eigenvalue weighted by Crippen LogP contribution is -2.46. The molecule has 1 aromatic rings. The van der Waals surface area contributed by atoms with E-state index in [0.717, 1.165) is 12.8 Å². The molecule has 1 aromatic carbocycles. The van der Waals surface area contributed by atoms with Gasteiger partial charge in [-0.2, -0.15) is 4.31 Å². The van der Waals surface area contributed by atoms with E-state index in [9.17, 15) is 8.42 Å². The summed E-state index contributed by atoms with van der Waals surface area (Å²) in [6.07, 6.45) is 3.56. The smallest absolute Gasteiger partial charge is 0.246 e. The molecule has 1 aliphatic carbocycles. The first-order valence-corrected chi connectivity index (χ1v) is 9.52. The highest BCUT2D eigenvalue weighted by molar-refractivity contribution is 7.89. The van der Waals surface area contributed by atoms with Crippen LogP contribution in [0.1, 0.15) is 19.3 Å². The summed E-state index contributed by atoms with van der Waals surface area (Å²) in [6, 6.07) is 4.83. The molecule has 0 radical (unpaired) electrons. The van der Waals surface area contributed by atoms with Crippen LogP contribution in [-0.4, -0.2) is 45.5 Å². The second-order valence-corrected chi connectivity index (χ2v) is 8.20. The van der Waals surface area contributed by atoms with E-state index in [-0.39, 0.29) is 17.3 Å². The molecule has 23 heavy (non-hydrogen) atoms. The molecule has 2 aliphatic rings. The molecular formula is C15H22Cl2N2O3S. The number of nitrogens with one attached hydrogen (secondary N) is 1. The van der Waals surface area contributed by atoms with Crippen LogP contribution in [0, 0.1) is 5.92 Å². The van der Waals surface area contributed by atoms with Gasteiger partial charge in [-0.15, -0.1) is 12.4 Å². The van der Waals surface area contributed by atoms with E-state index in [1.54, 1.807) is 12.1 Å². The van der Waals surface area contributed by atoms with E-state index < -0.39 is 10.0 Å². The molecule has 5 nitrogen and oxygen atoms in total. The topological polar surface area (TPSA) is 58.6 Å². The Hall–Kier alpha value is -0.530. The fraction of sp³-hybridized carbons (Fsp3) is 0.600. The molecule has 1 heterocycles. The van der Waals surface area contributed by atoms with Gasteiger partial charge < -0.3 is 10.1 Å². The Morgan fingerprint density at radius 1 is 1.26 bits per heavy atom. The highest BCUT2D eigenvalue weighted by atomic mass is 35.5. The average molecular weight is 381 g/mol. The Morgan fingerprint density at radius 3 is 2.57 bits per heavy atom. The van der Waals surface area contributed by atoms with E-state index >= 15 is 0 Å². The maximum atomic E-state index is 12.8. The van der Waals surface area contributed by atoms with Gasteiger partial charge in [0.15, 0.2) is 0 Å². The number of halogens is 2. The first-order chi connectivity index (χ1) is 10.6. The zero-order valence-electron chi connectivity index (χ0n) is 12.8. The molecule has 1 saturated carbocycles. The molecule has 0 unspecified atom stereocenters. The number of piperazine rings is 1. The third-order valence-corrected chi connectivity index (χ3v) is 6.45. The van der Waals surface area contributed by atoms with Gasteiger partial charge in [0.05, 0.1) is 6.61 Å². The summed E-state index contributed by atoms with van der Waals surface area (Å²) in [5, 5.41) is 3.56. The first-order valence-electron chi connectivity index (χ1n) is 7.70. The van der Waals surface area contributed by atoms with Gasteiger partial charge in [0.2, 0.25) is 10.0 Å². The molecule has 130 valence electrons. The molecule has 0 spiro atoms. The van der Waals surface area contributed by atoms with Crippen molar-refractivity contribution < 1.29 is 13.2 Å². The molecule has 2 fully saturated rings. The van der Waals surface area contributed by atoms with E-state index in [2.05, 4.69) is 5.32 Å². The molecule has 1 aliphatic heterocycles. The van der Waals surface area contributed by atoms with E-state index in [4.69, 9.17) is 16.3 Å². The molecular weight excluding hydrogens is 359 g/mol. The van der Waals surface area contributed by atoms with Gasteiger partial charge in [-0.1, -0.05) is 18.0 Å². The van der Waals surface area contributed by atoms with Crippen molar-refractivity contribution in [3.05, 3.63) is 23.2 Å². The zero-order valence-corrected chi connectivity index (χ0v) is 15.2. The van der Waals surface area contributed by atoms with Gasteiger partial charge in [0.1, 0.15) is 10.6 Å².